The SMILES string of the molecule is [CH2-]CC.[CH2-]CC.[K+]. The minimum absolute atomic E-state index is 0. The molecule has 0 radical (unpaired) electrons. The first-order valence-corrected chi connectivity index (χ1v) is 2.41. The summed E-state index contributed by atoms with van der Waals surface area (Å²) >= 11 is 0. The number of hydrogen-bond donors (Lipinski definition) is 0. The summed E-state index contributed by atoms with van der Waals surface area (Å²) in [6, 6.07) is 0. The Kier molecular flexibility index (Phi) is 57.6. The summed E-state index contributed by atoms with van der Waals surface area (Å²) in [4.78, 5) is 0. The third-order valence-corrected chi connectivity index (χ3v) is 0. The Morgan fingerprint density at radius 1 is 1.00 bits per heavy atom. The fourth-order valence-corrected chi connectivity index (χ4v) is 0. The average molecular weight is 125 g/mol. The summed E-state index contributed by atoms with van der Waals surface area (Å²) in [6.07, 6.45) is 2.00. The Bertz CT molecular complexity index is 6.14. The van der Waals surface area contributed by atoms with Crippen LogP contribution in [-0.4, -0.2) is 0 Å². The van der Waals surface area contributed by atoms with Gasteiger partial charge in [-0.2, -0.15) is 12.8 Å². The Hall–Kier alpha value is 1.64. The van der Waals surface area contributed by atoms with Crippen molar-refractivity contribution in [3.63, 3.8) is 0 Å². The van der Waals surface area contributed by atoms with Crippen molar-refractivity contribution in [3.8, 4) is 0 Å². The molecule has 0 saturated heterocycles. The van der Waals surface area contributed by atoms with Gasteiger partial charge in [0.15, 0.2) is 0 Å². The molecule has 0 nitrogen and oxygen atoms in total. The molecular weight excluding hydrogens is 111 g/mol. The standard InChI is InChI=1S/2C3H7.K/c2*1-3-2;/h2*1,3H2,2H3;/q2*-1;+1. The third kappa shape index (κ3) is 90.6. The summed E-state index contributed by atoms with van der Waals surface area (Å²) in [7, 11) is 0. The molecule has 0 aromatic carbocycles. The Morgan fingerprint density at radius 3 is 1.00 bits per heavy atom. The van der Waals surface area contributed by atoms with E-state index in [1.165, 1.54) is 0 Å². The van der Waals surface area contributed by atoms with Crippen LogP contribution in [-0.2, 0) is 0 Å². The van der Waals surface area contributed by atoms with Crippen molar-refractivity contribution in [2.24, 2.45) is 0 Å². The first-order chi connectivity index (χ1) is 2.83. The fourth-order valence-electron chi connectivity index (χ4n) is 0. The molecule has 0 amide bonds. The van der Waals surface area contributed by atoms with Crippen molar-refractivity contribution >= 4 is 0 Å². The third-order valence-electron chi connectivity index (χ3n) is 0. The molecule has 0 aromatic heterocycles. The second kappa shape index (κ2) is 25.4. The van der Waals surface area contributed by atoms with Gasteiger partial charge in [-0.05, 0) is 0 Å². The summed E-state index contributed by atoms with van der Waals surface area (Å²) in [5.41, 5.74) is 0. The smallest absolute Gasteiger partial charge is 0.344 e. The molecule has 0 fully saturated rings. The van der Waals surface area contributed by atoms with E-state index in [2.05, 4.69) is 13.8 Å². The average Bonchev–Trinajstić information content (AvgIpc) is 1.39. The van der Waals surface area contributed by atoms with E-state index in [1.807, 2.05) is 13.8 Å². The van der Waals surface area contributed by atoms with Gasteiger partial charge in [0.25, 0.3) is 0 Å². The van der Waals surface area contributed by atoms with Crippen LogP contribution in [0.1, 0.15) is 26.7 Å². The molecule has 0 saturated carbocycles. The van der Waals surface area contributed by atoms with Gasteiger partial charge >= 0.3 is 51.4 Å². The van der Waals surface area contributed by atoms with E-state index in [0.29, 0.717) is 0 Å². The Morgan fingerprint density at radius 2 is 1.00 bits per heavy atom. The first-order valence-electron chi connectivity index (χ1n) is 2.41. The van der Waals surface area contributed by atoms with Crippen LogP contribution in [0.15, 0.2) is 0 Å². The zero-order valence-electron chi connectivity index (χ0n) is 5.83. The Balaban J connectivity index is -0.0000000400. The number of rotatable bonds is 0. The first kappa shape index (κ1) is 15.9. The Labute approximate surface area is 90.5 Å². The molecule has 0 aromatic rings. The summed E-state index contributed by atoms with van der Waals surface area (Å²) < 4.78 is 0. The van der Waals surface area contributed by atoms with Crippen LogP contribution in [0.3, 0.4) is 0 Å². The predicted molar refractivity (Wildman–Crippen MR) is 31.3 cm³/mol. The van der Waals surface area contributed by atoms with E-state index in [0.717, 1.165) is 12.8 Å². The molecule has 0 rings (SSSR count). The van der Waals surface area contributed by atoms with Gasteiger partial charge in [0, 0.05) is 0 Å². The van der Waals surface area contributed by atoms with Crippen molar-refractivity contribution in [1.82, 2.24) is 0 Å². The molecule has 0 heterocycles. The molecule has 0 bridgehead atoms. The second-order valence-electron chi connectivity index (χ2n) is 1.000. The number of hydrogen-bond acceptors (Lipinski definition) is 0. The molecule has 0 spiro atoms. The van der Waals surface area contributed by atoms with Crippen LogP contribution in [0.4, 0.5) is 0 Å². The quantitative estimate of drug-likeness (QED) is 0.301. The van der Waals surface area contributed by atoms with Gasteiger partial charge in [-0.3, -0.25) is 0 Å². The molecule has 0 atom stereocenters. The van der Waals surface area contributed by atoms with Gasteiger partial charge in [0.2, 0.25) is 0 Å². The summed E-state index contributed by atoms with van der Waals surface area (Å²) in [6.45, 7) is 11.0. The fraction of sp³-hybridized carbons (Fsp3) is 0.667. The van der Waals surface area contributed by atoms with Crippen LogP contribution >= 0.6 is 0 Å². The molecule has 0 aliphatic heterocycles. The molecule has 7 heavy (non-hydrogen) atoms. The molecular formula is C6H14K-. The zero-order valence-corrected chi connectivity index (χ0v) is 8.95. The van der Waals surface area contributed by atoms with Crippen LogP contribution < -0.4 is 51.4 Å². The molecule has 40 valence electrons. The van der Waals surface area contributed by atoms with E-state index < -0.39 is 0 Å². The zero-order chi connectivity index (χ0) is 5.41. The van der Waals surface area contributed by atoms with E-state index in [-0.39, 0.29) is 51.4 Å². The van der Waals surface area contributed by atoms with Gasteiger partial charge in [0.05, 0.1) is 0 Å². The van der Waals surface area contributed by atoms with E-state index in [1.54, 1.807) is 0 Å². The summed E-state index contributed by atoms with van der Waals surface area (Å²) in [5.74, 6) is 0. The molecule has 0 aliphatic rings. The topological polar surface area (TPSA) is 0 Å². The summed E-state index contributed by atoms with van der Waals surface area (Å²) in [5, 5.41) is 0. The van der Waals surface area contributed by atoms with Crippen LogP contribution in [0.25, 0.3) is 0 Å². The predicted octanol–water partition coefficient (Wildman–Crippen LogP) is -0.535. The van der Waals surface area contributed by atoms with E-state index >= 15 is 0 Å². The molecule has 0 N–H and O–H groups in total. The van der Waals surface area contributed by atoms with Crippen molar-refractivity contribution in [2.75, 3.05) is 0 Å². The van der Waals surface area contributed by atoms with Crippen LogP contribution in [0.2, 0.25) is 0 Å². The minimum atomic E-state index is 0. The van der Waals surface area contributed by atoms with Crippen LogP contribution in [0.5, 0.6) is 0 Å². The maximum absolute atomic E-state index is 3.49. The second-order valence-corrected chi connectivity index (χ2v) is 1.000. The van der Waals surface area contributed by atoms with Crippen molar-refractivity contribution < 1.29 is 51.4 Å². The van der Waals surface area contributed by atoms with Crippen molar-refractivity contribution in [2.45, 2.75) is 26.7 Å². The molecule has 0 aliphatic carbocycles. The minimum Gasteiger partial charge on any atom is -0.344 e. The van der Waals surface area contributed by atoms with E-state index in [9.17, 15) is 0 Å². The van der Waals surface area contributed by atoms with Gasteiger partial charge in [-0.1, -0.05) is 13.8 Å². The van der Waals surface area contributed by atoms with E-state index in [4.69, 9.17) is 0 Å². The molecule has 0 unspecified atom stereocenters. The molecule has 1 heteroatoms. The normalized spacial score (nSPS) is 5.14. The maximum atomic E-state index is 3.49. The monoisotopic (exact) mass is 125 g/mol. The van der Waals surface area contributed by atoms with Crippen LogP contribution in [0, 0.1) is 13.8 Å². The maximum Gasteiger partial charge on any atom is 1.00 e. The van der Waals surface area contributed by atoms with Gasteiger partial charge in [0.1, 0.15) is 0 Å². The van der Waals surface area contributed by atoms with Gasteiger partial charge < -0.3 is 13.8 Å². The van der Waals surface area contributed by atoms with Gasteiger partial charge in [-0.15, -0.1) is 0 Å². The van der Waals surface area contributed by atoms with Crippen molar-refractivity contribution in [3.05, 3.63) is 13.8 Å². The largest absolute Gasteiger partial charge is 1.00 e. The van der Waals surface area contributed by atoms with Gasteiger partial charge in [-0.25, -0.2) is 0 Å². The van der Waals surface area contributed by atoms with Crippen molar-refractivity contribution in [1.29, 1.82) is 0 Å².